The Morgan fingerprint density at radius 1 is 1.00 bits per heavy atom. The number of nitrogens with one attached hydrogen (secondary N) is 3. The molecule has 0 atom stereocenters. The highest BCUT2D eigenvalue weighted by atomic mass is 32.2. The number of carbonyl (C=O) groups excluding carboxylic acids is 2. The van der Waals surface area contributed by atoms with E-state index >= 15 is 0 Å². The Bertz CT molecular complexity index is 920. The summed E-state index contributed by atoms with van der Waals surface area (Å²) < 4.78 is 29.9. The molecule has 2 aromatic rings. The van der Waals surface area contributed by atoms with Crippen LogP contribution in [0.2, 0.25) is 0 Å². The number of rotatable bonds is 7. The summed E-state index contributed by atoms with van der Waals surface area (Å²) in [6, 6.07) is 11.1. The van der Waals surface area contributed by atoms with Gasteiger partial charge in [0.15, 0.2) is 6.61 Å². The van der Waals surface area contributed by atoms with Crippen molar-refractivity contribution in [1.29, 1.82) is 0 Å². The smallest absolute Gasteiger partial charge is 0.272 e. The van der Waals surface area contributed by atoms with Crippen molar-refractivity contribution in [2.75, 3.05) is 11.9 Å². The minimum absolute atomic E-state index is 0.0624. The number of ether oxygens (including phenoxy) is 1. The minimum Gasteiger partial charge on any atom is -0.483 e. The molecule has 0 unspecified atom stereocenters. The topological polar surface area (TPSA) is 114 Å². The van der Waals surface area contributed by atoms with Gasteiger partial charge in [-0.15, -0.1) is 4.83 Å². The molecule has 0 saturated heterocycles. The fourth-order valence-corrected chi connectivity index (χ4v) is 3.16. The molecular weight excluding hydrogens is 370 g/mol. The summed E-state index contributed by atoms with van der Waals surface area (Å²) >= 11 is 0. The van der Waals surface area contributed by atoms with Crippen LogP contribution in [0, 0.1) is 13.8 Å². The number of sulfonamides is 1. The Morgan fingerprint density at radius 2 is 1.59 bits per heavy atom. The summed E-state index contributed by atoms with van der Waals surface area (Å²) in [5.41, 5.74) is 4.33. The van der Waals surface area contributed by atoms with Crippen molar-refractivity contribution in [3.8, 4) is 5.75 Å². The van der Waals surface area contributed by atoms with Gasteiger partial charge in [0.25, 0.3) is 15.9 Å². The fraction of sp³-hybridized carbons (Fsp3) is 0.222. The number of anilines is 1. The molecule has 27 heavy (non-hydrogen) atoms. The first kappa shape index (κ1) is 20.4. The van der Waals surface area contributed by atoms with E-state index in [0.717, 1.165) is 11.1 Å². The van der Waals surface area contributed by atoms with Gasteiger partial charge in [0.05, 0.1) is 4.90 Å². The molecule has 0 radical (unpaired) electrons. The number of hydrogen-bond acceptors (Lipinski definition) is 5. The molecule has 0 fully saturated rings. The minimum atomic E-state index is -3.95. The Kier molecular flexibility index (Phi) is 6.54. The van der Waals surface area contributed by atoms with Crippen molar-refractivity contribution in [3.05, 3.63) is 53.6 Å². The fourth-order valence-electron chi connectivity index (χ4n) is 2.30. The Labute approximate surface area is 157 Å². The standard InChI is InChI=1S/C18H21N3O5S/c1-12-5-4-6-13(2)18(12)26-11-17(23)20-21-27(24,25)16-9-7-15(8-10-16)19-14(3)22/h4-10,21H,11H2,1-3H3,(H,19,22)(H,20,23). The maximum Gasteiger partial charge on any atom is 0.272 e. The van der Waals surface area contributed by atoms with Crippen LogP contribution in [0.3, 0.4) is 0 Å². The van der Waals surface area contributed by atoms with Crippen molar-refractivity contribution in [3.63, 3.8) is 0 Å². The molecule has 0 aliphatic heterocycles. The third kappa shape index (κ3) is 5.80. The van der Waals surface area contributed by atoms with E-state index in [4.69, 9.17) is 4.74 Å². The lowest BCUT2D eigenvalue weighted by Gasteiger charge is -2.12. The SMILES string of the molecule is CC(=O)Nc1ccc(S(=O)(=O)NNC(=O)COc2c(C)cccc2C)cc1. The second-order valence-electron chi connectivity index (χ2n) is 5.87. The van der Waals surface area contributed by atoms with Gasteiger partial charge in [-0.3, -0.25) is 15.0 Å². The second-order valence-corrected chi connectivity index (χ2v) is 7.55. The zero-order valence-corrected chi connectivity index (χ0v) is 16.0. The van der Waals surface area contributed by atoms with Gasteiger partial charge in [0.1, 0.15) is 5.75 Å². The highest BCUT2D eigenvalue weighted by Gasteiger charge is 2.15. The van der Waals surface area contributed by atoms with Crippen LogP contribution in [-0.2, 0) is 19.6 Å². The van der Waals surface area contributed by atoms with Gasteiger partial charge in [-0.2, -0.15) is 0 Å². The summed E-state index contributed by atoms with van der Waals surface area (Å²) in [6.45, 7) is 4.72. The molecule has 0 aromatic heterocycles. The molecule has 8 nitrogen and oxygen atoms in total. The first-order valence-corrected chi connectivity index (χ1v) is 9.54. The monoisotopic (exact) mass is 391 g/mol. The molecule has 0 heterocycles. The normalized spacial score (nSPS) is 10.9. The van der Waals surface area contributed by atoms with Gasteiger partial charge >= 0.3 is 0 Å². The lowest BCUT2D eigenvalue weighted by atomic mass is 10.1. The molecule has 3 N–H and O–H groups in total. The van der Waals surface area contributed by atoms with Crippen molar-refractivity contribution in [1.82, 2.24) is 10.3 Å². The van der Waals surface area contributed by atoms with E-state index in [-0.39, 0.29) is 17.4 Å². The number of hydrazine groups is 1. The molecule has 0 spiro atoms. The lowest BCUT2D eigenvalue weighted by Crippen LogP contribution is -2.43. The van der Waals surface area contributed by atoms with E-state index in [1.807, 2.05) is 36.9 Å². The van der Waals surface area contributed by atoms with Crippen LogP contribution in [0.4, 0.5) is 5.69 Å². The number of hydrogen-bond donors (Lipinski definition) is 3. The van der Waals surface area contributed by atoms with Crippen molar-refractivity contribution in [2.45, 2.75) is 25.7 Å². The highest BCUT2D eigenvalue weighted by Crippen LogP contribution is 2.22. The molecule has 2 rings (SSSR count). The summed E-state index contributed by atoms with van der Waals surface area (Å²) in [7, 11) is -3.95. The van der Waals surface area contributed by atoms with Gasteiger partial charge in [0.2, 0.25) is 5.91 Å². The molecule has 144 valence electrons. The third-order valence-electron chi connectivity index (χ3n) is 3.57. The highest BCUT2D eigenvalue weighted by molar-refractivity contribution is 7.89. The van der Waals surface area contributed by atoms with Gasteiger partial charge in [-0.05, 0) is 49.2 Å². The van der Waals surface area contributed by atoms with Crippen LogP contribution >= 0.6 is 0 Å². The predicted octanol–water partition coefficient (Wildman–Crippen LogP) is 1.65. The van der Waals surface area contributed by atoms with Crippen molar-refractivity contribution in [2.24, 2.45) is 0 Å². The van der Waals surface area contributed by atoms with E-state index in [1.165, 1.54) is 31.2 Å². The Morgan fingerprint density at radius 3 is 2.15 bits per heavy atom. The van der Waals surface area contributed by atoms with Crippen LogP contribution < -0.4 is 20.3 Å². The van der Waals surface area contributed by atoms with Crippen molar-refractivity contribution < 1.29 is 22.7 Å². The number of amides is 2. The largest absolute Gasteiger partial charge is 0.483 e. The van der Waals surface area contributed by atoms with Crippen LogP contribution in [0.15, 0.2) is 47.4 Å². The average Bonchev–Trinajstić information content (AvgIpc) is 2.59. The first-order chi connectivity index (χ1) is 12.7. The molecule has 2 aromatic carbocycles. The lowest BCUT2D eigenvalue weighted by molar-refractivity contribution is -0.123. The number of benzene rings is 2. The Balaban J connectivity index is 1.92. The van der Waals surface area contributed by atoms with Gasteiger partial charge in [-0.25, -0.2) is 8.42 Å². The number of aryl methyl sites for hydroxylation is 2. The molecule has 0 aliphatic rings. The molecule has 0 saturated carbocycles. The summed E-state index contributed by atoms with van der Waals surface area (Å²) in [6.07, 6.45) is 0. The van der Waals surface area contributed by atoms with Crippen LogP contribution in [0.1, 0.15) is 18.1 Å². The van der Waals surface area contributed by atoms with E-state index < -0.39 is 15.9 Å². The zero-order chi connectivity index (χ0) is 20.0. The summed E-state index contributed by atoms with van der Waals surface area (Å²) in [5.74, 6) is -0.319. The number of carbonyl (C=O) groups is 2. The average molecular weight is 391 g/mol. The first-order valence-electron chi connectivity index (χ1n) is 8.06. The summed E-state index contributed by atoms with van der Waals surface area (Å²) in [5, 5.41) is 2.53. The Hall–Kier alpha value is -2.91. The van der Waals surface area contributed by atoms with Crippen molar-refractivity contribution >= 4 is 27.5 Å². The maximum atomic E-state index is 12.2. The van der Waals surface area contributed by atoms with E-state index in [9.17, 15) is 18.0 Å². The predicted molar refractivity (Wildman–Crippen MR) is 101 cm³/mol. The maximum absolute atomic E-state index is 12.2. The van der Waals surface area contributed by atoms with E-state index in [2.05, 4.69) is 10.7 Å². The molecular formula is C18H21N3O5S. The molecule has 0 bridgehead atoms. The zero-order valence-electron chi connectivity index (χ0n) is 15.2. The number of para-hydroxylation sites is 1. The third-order valence-corrected chi connectivity index (χ3v) is 4.83. The molecule has 0 aliphatic carbocycles. The van der Waals surface area contributed by atoms with Crippen LogP contribution in [-0.4, -0.2) is 26.8 Å². The van der Waals surface area contributed by atoms with Crippen LogP contribution in [0.5, 0.6) is 5.75 Å². The van der Waals surface area contributed by atoms with Crippen LogP contribution in [0.25, 0.3) is 0 Å². The van der Waals surface area contributed by atoms with Gasteiger partial charge in [0, 0.05) is 12.6 Å². The quantitative estimate of drug-likeness (QED) is 0.621. The van der Waals surface area contributed by atoms with Gasteiger partial charge in [-0.1, -0.05) is 18.2 Å². The molecule has 2 amide bonds. The summed E-state index contributed by atoms with van der Waals surface area (Å²) in [4.78, 5) is 24.8. The van der Waals surface area contributed by atoms with E-state index in [1.54, 1.807) is 0 Å². The molecule has 9 heteroatoms. The van der Waals surface area contributed by atoms with Gasteiger partial charge < -0.3 is 10.1 Å². The second kappa shape index (κ2) is 8.65. The van der Waals surface area contributed by atoms with E-state index in [0.29, 0.717) is 11.4 Å².